The Bertz CT molecular complexity index is 476. The van der Waals surface area contributed by atoms with Crippen LogP contribution in [-0.4, -0.2) is 14.8 Å². The summed E-state index contributed by atoms with van der Waals surface area (Å²) in [6.45, 7) is 1.97. The first-order chi connectivity index (χ1) is 6.11. The van der Waals surface area contributed by atoms with E-state index in [4.69, 9.17) is 0 Å². The molecule has 2 heterocycles. The molecule has 0 spiro atoms. The van der Waals surface area contributed by atoms with Crippen LogP contribution in [0, 0.1) is 6.92 Å². The molecule has 5 heteroatoms. The molecule has 68 valence electrons. The second-order valence-corrected chi connectivity index (χ2v) is 4.48. The van der Waals surface area contributed by atoms with Crippen LogP contribution in [0.4, 0.5) is 0 Å². The van der Waals surface area contributed by atoms with Gasteiger partial charge in [-0.15, -0.1) is 0 Å². The van der Waals surface area contributed by atoms with Gasteiger partial charge in [0.05, 0.1) is 15.6 Å². The molecule has 2 aromatic rings. The van der Waals surface area contributed by atoms with Gasteiger partial charge in [0.15, 0.2) is 5.65 Å². The summed E-state index contributed by atoms with van der Waals surface area (Å²) in [6, 6.07) is 0. The van der Waals surface area contributed by atoms with E-state index < -0.39 is 0 Å². The highest BCUT2D eigenvalue weighted by atomic mass is 79.9. The quantitative estimate of drug-likeness (QED) is 0.749. The summed E-state index contributed by atoms with van der Waals surface area (Å²) >= 11 is 6.92. The molecule has 0 aliphatic carbocycles. The molecular formula is C8H7Br2N3. The molecule has 0 radical (unpaired) electrons. The molecule has 13 heavy (non-hydrogen) atoms. The number of hydrogen-bond acceptors (Lipinski definition) is 2. The number of hydrogen-bond donors (Lipinski definition) is 0. The molecule has 0 aliphatic rings. The Hall–Kier alpha value is -0.420. The number of pyridine rings is 1. The van der Waals surface area contributed by atoms with E-state index in [9.17, 15) is 0 Å². The van der Waals surface area contributed by atoms with Gasteiger partial charge >= 0.3 is 0 Å². The van der Waals surface area contributed by atoms with Crippen molar-refractivity contribution in [1.82, 2.24) is 14.8 Å². The third kappa shape index (κ3) is 1.30. The Morgan fingerprint density at radius 3 is 2.77 bits per heavy atom. The van der Waals surface area contributed by atoms with Crippen LogP contribution in [0.1, 0.15) is 5.69 Å². The number of halogens is 2. The lowest BCUT2D eigenvalue weighted by atomic mass is 10.3. The lowest BCUT2D eigenvalue weighted by Gasteiger charge is -1.97. The van der Waals surface area contributed by atoms with Crippen molar-refractivity contribution in [2.24, 2.45) is 7.05 Å². The van der Waals surface area contributed by atoms with Gasteiger partial charge in [-0.25, -0.2) is 4.98 Å². The van der Waals surface area contributed by atoms with Crippen LogP contribution in [0.15, 0.2) is 15.1 Å². The predicted octanol–water partition coefficient (Wildman–Crippen LogP) is 2.80. The molecule has 0 aliphatic heterocycles. The van der Waals surface area contributed by atoms with Crippen molar-refractivity contribution in [3.8, 4) is 0 Å². The van der Waals surface area contributed by atoms with Crippen molar-refractivity contribution in [3.63, 3.8) is 0 Å². The molecule has 2 aromatic heterocycles. The number of rotatable bonds is 0. The molecule has 3 nitrogen and oxygen atoms in total. The monoisotopic (exact) mass is 303 g/mol. The summed E-state index contributed by atoms with van der Waals surface area (Å²) < 4.78 is 3.75. The van der Waals surface area contributed by atoms with E-state index in [0.717, 1.165) is 25.7 Å². The average molecular weight is 305 g/mol. The molecule has 0 saturated heterocycles. The minimum absolute atomic E-state index is 0.896. The van der Waals surface area contributed by atoms with Gasteiger partial charge in [0.25, 0.3) is 0 Å². The zero-order valence-corrected chi connectivity index (χ0v) is 10.3. The first kappa shape index (κ1) is 9.15. The van der Waals surface area contributed by atoms with Gasteiger partial charge in [0, 0.05) is 17.7 Å². The minimum atomic E-state index is 0.896. The van der Waals surface area contributed by atoms with Gasteiger partial charge in [0.1, 0.15) is 0 Å². The van der Waals surface area contributed by atoms with Crippen LogP contribution >= 0.6 is 31.9 Å². The fourth-order valence-electron chi connectivity index (χ4n) is 1.34. The van der Waals surface area contributed by atoms with Crippen molar-refractivity contribution in [3.05, 3.63) is 20.8 Å². The van der Waals surface area contributed by atoms with Gasteiger partial charge < -0.3 is 0 Å². The summed E-state index contributed by atoms with van der Waals surface area (Å²) in [4.78, 5) is 4.29. The predicted molar refractivity (Wildman–Crippen MR) is 58.6 cm³/mol. The smallest absolute Gasteiger partial charge is 0.158 e. The van der Waals surface area contributed by atoms with Crippen LogP contribution in [0.5, 0.6) is 0 Å². The summed E-state index contributed by atoms with van der Waals surface area (Å²) in [5.74, 6) is 0. The van der Waals surface area contributed by atoms with E-state index >= 15 is 0 Å². The number of fused-ring (bicyclic) bond motifs is 1. The third-order valence-corrected chi connectivity index (χ3v) is 3.88. The highest BCUT2D eigenvalue weighted by molar-refractivity contribution is 9.13. The van der Waals surface area contributed by atoms with Crippen molar-refractivity contribution in [2.75, 3.05) is 0 Å². The number of aryl methyl sites for hydroxylation is 2. The normalized spacial score (nSPS) is 11.1. The highest BCUT2D eigenvalue weighted by Crippen LogP contribution is 2.31. The third-order valence-electron chi connectivity index (χ3n) is 1.92. The molecular weight excluding hydrogens is 298 g/mol. The Kier molecular flexibility index (Phi) is 2.15. The van der Waals surface area contributed by atoms with Crippen LogP contribution in [0.3, 0.4) is 0 Å². The lowest BCUT2D eigenvalue weighted by Crippen LogP contribution is -1.91. The first-order valence-corrected chi connectivity index (χ1v) is 5.33. The van der Waals surface area contributed by atoms with Crippen molar-refractivity contribution in [1.29, 1.82) is 0 Å². The van der Waals surface area contributed by atoms with E-state index in [2.05, 4.69) is 41.9 Å². The number of aromatic nitrogens is 3. The Morgan fingerprint density at radius 2 is 2.08 bits per heavy atom. The van der Waals surface area contributed by atoms with Crippen LogP contribution < -0.4 is 0 Å². The molecule has 0 unspecified atom stereocenters. The number of nitrogens with zero attached hydrogens (tertiary/aromatic N) is 3. The van der Waals surface area contributed by atoms with Gasteiger partial charge in [0.2, 0.25) is 0 Å². The summed E-state index contributed by atoms with van der Waals surface area (Å²) in [6.07, 6.45) is 1.77. The standard InChI is InChI=1S/C8H7Br2N3/c1-4-6-7(10)5(9)3-11-8(6)13(2)12-4/h3H,1-2H3. The van der Waals surface area contributed by atoms with Crippen molar-refractivity contribution < 1.29 is 0 Å². The summed E-state index contributed by atoms with van der Waals surface area (Å²) in [7, 11) is 1.89. The summed E-state index contributed by atoms with van der Waals surface area (Å²) in [5.41, 5.74) is 1.88. The van der Waals surface area contributed by atoms with E-state index in [1.165, 1.54) is 0 Å². The second kappa shape index (κ2) is 3.06. The lowest BCUT2D eigenvalue weighted by molar-refractivity contribution is 0.774. The van der Waals surface area contributed by atoms with E-state index in [1.54, 1.807) is 10.9 Å². The van der Waals surface area contributed by atoms with Crippen molar-refractivity contribution >= 4 is 42.9 Å². The van der Waals surface area contributed by atoms with Gasteiger partial charge in [-0.1, -0.05) is 0 Å². The van der Waals surface area contributed by atoms with Crippen LogP contribution in [-0.2, 0) is 7.05 Å². The Morgan fingerprint density at radius 1 is 1.38 bits per heavy atom. The maximum Gasteiger partial charge on any atom is 0.158 e. The molecule has 0 fully saturated rings. The summed E-state index contributed by atoms with van der Waals surface area (Å²) in [5, 5.41) is 5.36. The Labute approximate surface area is 92.4 Å². The van der Waals surface area contributed by atoms with Gasteiger partial charge in [-0.05, 0) is 38.8 Å². The molecule has 2 rings (SSSR count). The average Bonchev–Trinajstić information content (AvgIpc) is 2.35. The SMILES string of the molecule is Cc1nn(C)c2ncc(Br)c(Br)c12. The van der Waals surface area contributed by atoms with Crippen LogP contribution in [0.25, 0.3) is 11.0 Å². The molecule has 0 N–H and O–H groups in total. The molecule has 0 aromatic carbocycles. The zero-order chi connectivity index (χ0) is 9.59. The van der Waals surface area contributed by atoms with Crippen LogP contribution in [0.2, 0.25) is 0 Å². The minimum Gasteiger partial charge on any atom is -0.250 e. The molecule has 0 amide bonds. The van der Waals surface area contributed by atoms with E-state index in [-0.39, 0.29) is 0 Å². The van der Waals surface area contributed by atoms with Crippen molar-refractivity contribution in [2.45, 2.75) is 6.92 Å². The fourth-order valence-corrected chi connectivity index (χ4v) is 2.21. The van der Waals surface area contributed by atoms with E-state index in [0.29, 0.717) is 0 Å². The van der Waals surface area contributed by atoms with Gasteiger partial charge in [-0.3, -0.25) is 4.68 Å². The largest absolute Gasteiger partial charge is 0.250 e. The molecule has 0 saturated carbocycles. The Balaban J connectivity index is 2.98. The van der Waals surface area contributed by atoms with Gasteiger partial charge in [-0.2, -0.15) is 5.10 Å². The zero-order valence-electron chi connectivity index (χ0n) is 7.17. The maximum absolute atomic E-state index is 4.30. The molecule has 0 bridgehead atoms. The molecule has 0 atom stereocenters. The topological polar surface area (TPSA) is 30.7 Å². The second-order valence-electron chi connectivity index (χ2n) is 2.83. The highest BCUT2D eigenvalue weighted by Gasteiger charge is 2.11. The van der Waals surface area contributed by atoms with E-state index in [1.807, 2.05) is 14.0 Å². The first-order valence-electron chi connectivity index (χ1n) is 3.74. The fraction of sp³-hybridized carbons (Fsp3) is 0.250. The maximum atomic E-state index is 4.30.